The number of carbonyl (C=O) groups excluding carboxylic acids is 1. The van der Waals surface area contributed by atoms with E-state index in [9.17, 15) is 10.1 Å². The maximum Gasteiger partial charge on any atom is 0.338 e. The van der Waals surface area contributed by atoms with E-state index in [0.29, 0.717) is 23.2 Å². The van der Waals surface area contributed by atoms with Crippen LogP contribution in [0.4, 0.5) is 11.6 Å². The average molecular weight is 446 g/mol. The quantitative estimate of drug-likeness (QED) is 0.598. The number of aromatic nitrogens is 3. The van der Waals surface area contributed by atoms with E-state index >= 15 is 0 Å². The third-order valence-electron chi connectivity index (χ3n) is 6.79. The molecule has 0 spiro atoms. The number of methoxy groups -OCH3 is 1. The summed E-state index contributed by atoms with van der Waals surface area (Å²) in [6, 6.07) is 10.7. The van der Waals surface area contributed by atoms with Crippen molar-refractivity contribution in [2.24, 2.45) is 0 Å². The van der Waals surface area contributed by atoms with Crippen molar-refractivity contribution >= 4 is 28.6 Å². The first-order valence-corrected chi connectivity index (χ1v) is 11.2. The predicted molar refractivity (Wildman–Crippen MR) is 126 cm³/mol. The van der Waals surface area contributed by atoms with Crippen molar-refractivity contribution in [3.63, 3.8) is 0 Å². The van der Waals surface area contributed by atoms with Crippen LogP contribution in [0.15, 0.2) is 36.7 Å². The Morgan fingerprint density at radius 1 is 1.15 bits per heavy atom. The van der Waals surface area contributed by atoms with Crippen LogP contribution in [0.3, 0.4) is 0 Å². The molecule has 5 rings (SSSR count). The van der Waals surface area contributed by atoms with Crippen LogP contribution in [0.1, 0.15) is 34.8 Å². The van der Waals surface area contributed by atoms with Crippen LogP contribution in [0.2, 0.25) is 0 Å². The number of esters is 1. The molecule has 0 radical (unpaired) electrons. The summed E-state index contributed by atoms with van der Waals surface area (Å²) < 4.78 is 7.01. The molecule has 3 aromatic heterocycles. The van der Waals surface area contributed by atoms with Gasteiger partial charge in [0, 0.05) is 56.0 Å². The van der Waals surface area contributed by atoms with Gasteiger partial charge in [-0.25, -0.2) is 14.8 Å². The fraction of sp³-hybridized carbons (Fsp3) is 0.417. The lowest BCUT2D eigenvalue weighted by Gasteiger charge is -2.37. The number of pyridine rings is 2. The van der Waals surface area contributed by atoms with Gasteiger partial charge >= 0.3 is 5.97 Å². The molecule has 1 saturated heterocycles. The topological polar surface area (TPSA) is 99.3 Å². The summed E-state index contributed by atoms with van der Waals surface area (Å²) in [7, 11) is 3.37. The summed E-state index contributed by atoms with van der Waals surface area (Å²) in [5, 5.41) is 13.8. The Balaban J connectivity index is 1.34. The standard InChI is InChI=1S/C24H27N7O2/c1-26-18-12-19(13-18)31-15-17(14-25)20-3-4-21(28-23(20)31)29-7-9-30(10-8-29)22-11-16(5-6-27-22)24(32)33-2/h3-6,11,15,18-19,26H,7-10,12-13H2,1-2H3. The molecular weight excluding hydrogens is 418 g/mol. The third kappa shape index (κ3) is 3.87. The molecule has 0 bridgehead atoms. The van der Waals surface area contributed by atoms with E-state index in [4.69, 9.17) is 9.72 Å². The van der Waals surface area contributed by atoms with E-state index in [1.54, 1.807) is 18.3 Å². The number of piperazine rings is 1. The van der Waals surface area contributed by atoms with E-state index in [1.165, 1.54) is 7.11 Å². The molecule has 170 valence electrons. The zero-order valence-electron chi connectivity index (χ0n) is 18.9. The van der Waals surface area contributed by atoms with Crippen molar-refractivity contribution in [2.75, 3.05) is 50.1 Å². The van der Waals surface area contributed by atoms with Gasteiger partial charge in [0.25, 0.3) is 0 Å². The van der Waals surface area contributed by atoms with Crippen LogP contribution >= 0.6 is 0 Å². The second-order valence-corrected chi connectivity index (χ2v) is 8.58. The first-order chi connectivity index (χ1) is 16.1. The lowest BCUT2D eigenvalue weighted by atomic mass is 9.87. The van der Waals surface area contributed by atoms with Gasteiger partial charge in [0.15, 0.2) is 0 Å². The Labute approximate surface area is 192 Å². The molecule has 9 nitrogen and oxygen atoms in total. The summed E-state index contributed by atoms with van der Waals surface area (Å²) in [5.74, 6) is 1.34. The summed E-state index contributed by atoms with van der Waals surface area (Å²) >= 11 is 0. The number of nitriles is 1. The minimum absolute atomic E-state index is 0.359. The highest BCUT2D eigenvalue weighted by Gasteiger charge is 2.31. The minimum atomic E-state index is -0.359. The molecule has 3 aromatic rings. The van der Waals surface area contributed by atoms with E-state index in [-0.39, 0.29) is 5.97 Å². The fourth-order valence-corrected chi connectivity index (χ4v) is 4.71. The lowest BCUT2D eigenvalue weighted by molar-refractivity contribution is 0.0600. The van der Waals surface area contributed by atoms with E-state index in [0.717, 1.165) is 61.7 Å². The number of fused-ring (bicyclic) bond motifs is 1. The molecule has 9 heteroatoms. The maximum absolute atomic E-state index is 11.8. The molecule has 0 atom stereocenters. The van der Waals surface area contributed by atoms with Crippen LogP contribution in [0.25, 0.3) is 11.0 Å². The van der Waals surface area contributed by atoms with Gasteiger partial charge in [-0.2, -0.15) is 5.26 Å². The van der Waals surface area contributed by atoms with Gasteiger partial charge in [0.05, 0.1) is 18.2 Å². The SMILES string of the molecule is CNC1CC(n2cc(C#N)c3ccc(N4CCN(c5cc(C(=O)OC)ccn5)CC4)nc32)C1. The Morgan fingerprint density at radius 2 is 1.88 bits per heavy atom. The molecule has 2 aliphatic rings. The second-order valence-electron chi connectivity index (χ2n) is 8.58. The van der Waals surface area contributed by atoms with Gasteiger partial charge in [-0.05, 0) is 44.2 Å². The van der Waals surface area contributed by atoms with Crippen molar-refractivity contribution in [2.45, 2.75) is 24.9 Å². The normalized spacial score (nSPS) is 20.4. The van der Waals surface area contributed by atoms with E-state index in [2.05, 4.69) is 30.7 Å². The van der Waals surface area contributed by atoms with E-state index in [1.807, 2.05) is 25.4 Å². The van der Waals surface area contributed by atoms with Crippen molar-refractivity contribution < 1.29 is 9.53 Å². The number of carbonyl (C=O) groups is 1. The van der Waals surface area contributed by atoms with Crippen LogP contribution in [0, 0.1) is 11.3 Å². The lowest BCUT2D eigenvalue weighted by Crippen LogP contribution is -2.47. The Morgan fingerprint density at radius 3 is 2.55 bits per heavy atom. The number of nitrogens with zero attached hydrogens (tertiary/aromatic N) is 6. The monoisotopic (exact) mass is 445 g/mol. The van der Waals surface area contributed by atoms with Gasteiger partial charge in [0.1, 0.15) is 23.4 Å². The molecule has 0 unspecified atom stereocenters. The minimum Gasteiger partial charge on any atom is -0.465 e. The van der Waals surface area contributed by atoms with Crippen LogP contribution in [0.5, 0.6) is 0 Å². The van der Waals surface area contributed by atoms with Crippen molar-refractivity contribution in [3.05, 3.63) is 47.8 Å². The molecule has 1 aliphatic carbocycles. The summed E-state index contributed by atoms with van der Waals surface area (Å²) in [5.41, 5.74) is 2.07. The largest absolute Gasteiger partial charge is 0.465 e. The molecule has 4 heterocycles. The number of nitrogens with one attached hydrogen (secondary N) is 1. The van der Waals surface area contributed by atoms with E-state index < -0.39 is 0 Å². The highest BCUT2D eigenvalue weighted by molar-refractivity contribution is 5.90. The van der Waals surface area contributed by atoms with Gasteiger partial charge in [0.2, 0.25) is 0 Å². The van der Waals surface area contributed by atoms with Crippen LogP contribution in [-0.4, -0.2) is 66.9 Å². The number of anilines is 2. The van der Waals surface area contributed by atoms with Gasteiger partial charge in [-0.15, -0.1) is 0 Å². The summed E-state index contributed by atoms with van der Waals surface area (Å²) in [6.45, 7) is 3.13. The molecular formula is C24H27N7O2. The number of hydrogen-bond donors (Lipinski definition) is 1. The first kappa shape index (κ1) is 21.2. The zero-order valence-corrected chi connectivity index (χ0v) is 18.9. The second kappa shape index (κ2) is 8.71. The van der Waals surface area contributed by atoms with Gasteiger partial charge in [-0.1, -0.05) is 0 Å². The smallest absolute Gasteiger partial charge is 0.338 e. The Hall–Kier alpha value is -3.64. The summed E-state index contributed by atoms with van der Waals surface area (Å²) in [4.78, 5) is 25.7. The Bertz CT molecular complexity index is 1220. The number of ether oxygens (including phenoxy) is 1. The van der Waals surface area contributed by atoms with Crippen molar-refractivity contribution in [1.82, 2.24) is 19.9 Å². The third-order valence-corrected chi connectivity index (χ3v) is 6.79. The molecule has 33 heavy (non-hydrogen) atoms. The first-order valence-electron chi connectivity index (χ1n) is 11.2. The molecule has 1 saturated carbocycles. The molecule has 2 fully saturated rings. The number of hydrogen-bond acceptors (Lipinski definition) is 8. The highest BCUT2D eigenvalue weighted by Crippen LogP contribution is 2.36. The molecule has 0 amide bonds. The van der Waals surface area contributed by atoms with Crippen LogP contribution in [-0.2, 0) is 4.74 Å². The molecule has 1 N–H and O–H groups in total. The Kier molecular flexibility index (Phi) is 5.60. The molecule has 0 aromatic carbocycles. The van der Waals surface area contributed by atoms with Crippen LogP contribution < -0.4 is 15.1 Å². The zero-order chi connectivity index (χ0) is 22.9. The van der Waals surface area contributed by atoms with Crippen molar-refractivity contribution in [1.29, 1.82) is 5.26 Å². The van der Waals surface area contributed by atoms with Crippen molar-refractivity contribution in [3.8, 4) is 6.07 Å². The average Bonchev–Trinajstić information content (AvgIpc) is 3.21. The molecule has 1 aliphatic heterocycles. The van der Waals surface area contributed by atoms with Gasteiger partial charge in [-0.3, -0.25) is 0 Å². The summed E-state index contributed by atoms with van der Waals surface area (Å²) in [6.07, 6.45) is 5.69. The van der Waals surface area contributed by atoms with Gasteiger partial charge < -0.3 is 24.4 Å². The highest BCUT2D eigenvalue weighted by atomic mass is 16.5. The predicted octanol–water partition coefficient (Wildman–Crippen LogP) is 2.34. The fourth-order valence-electron chi connectivity index (χ4n) is 4.71. The number of rotatable bonds is 5. The maximum atomic E-state index is 11.8.